The molecule has 2 aromatic heterocycles. The van der Waals surface area contributed by atoms with E-state index < -0.39 is 11.2 Å². The van der Waals surface area contributed by atoms with Crippen LogP contribution in [-0.2, 0) is 6.54 Å². The van der Waals surface area contributed by atoms with Crippen molar-refractivity contribution in [3.63, 3.8) is 0 Å². The Morgan fingerprint density at radius 2 is 1.72 bits per heavy atom. The molecule has 43 heavy (non-hydrogen) atoms. The van der Waals surface area contributed by atoms with E-state index in [0.29, 0.717) is 28.7 Å². The van der Waals surface area contributed by atoms with E-state index in [1.54, 1.807) is 18.2 Å². The molecule has 2 N–H and O–H groups in total. The highest BCUT2D eigenvalue weighted by Crippen LogP contribution is 2.30. The molecule has 3 heterocycles. The number of amides is 1. The van der Waals surface area contributed by atoms with Crippen molar-refractivity contribution in [2.75, 3.05) is 13.1 Å². The molecule has 222 valence electrons. The van der Waals surface area contributed by atoms with E-state index in [9.17, 15) is 14.4 Å². The smallest absolute Gasteiger partial charge is 0.328 e. The summed E-state index contributed by atoms with van der Waals surface area (Å²) in [4.78, 5) is 42.2. The van der Waals surface area contributed by atoms with E-state index in [1.165, 1.54) is 42.5 Å². The number of piperidine rings is 1. The fourth-order valence-corrected chi connectivity index (χ4v) is 5.99. The average molecular weight is 581 g/mol. The number of H-pyrrole nitrogens is 1. The van der Waals surface area contributed by atoms with Gasteiger partial charge in [-0.15, -0.1) is 0 Å². The van der Waals surface area contributed by atoms with Crippen LogP contribution in [0.1, 0.15) is 60.1 Å². The minimum Gasteiger partial charge on any atom is -0.457 e. The highest BCUT2D eigenvalue weighted by molar-refractivity contribution is 5.95. The van der Waals surface area contributed by atoms with E-state index in [1.807, 2.05) is 43.3 Å². The van der Waals surface area contributed by atoms with Gasteiger partial charge in [0.15, 0.2) is 0 Å². The molecule has 1 aliphatic carbocycles. The molecule has 6 rings (SSSR count). The third-order valence-electron chi connectivity index (χ3n) is 8.45. The monoisotopic (exact) mass is 580 g/mol. The highest BCUT2D eigenvalue weighted by Gasteiger charge is 2.28. The number of benzene rings is 2. The van der Waals surface area contributed by atoms with Crippen molar-refractivity contribution >= 4 is 5.91 Å². The summed E-state index contributed by atoms with van der Waals surface area (Å²) in [5, 5.41) is 11.6. The Labute approximate surface area is 249 Å². The van der Waals surface area contributed by atoms with Gasteiger partial charge in [-0.1, -0.05) is 18.9 Å². The first-order chi connectivity index (χ1) is 20.9. The van der Waals surface area contributed by atoms with Crippen LogP contribution in [0, 0.1) is 6.92 Å². The van der Waals surface area contributed by atoms with Crippen molar-refractivity contribution in [1.29, 1.82) is 0 Å². The molecule has 2 fully saturated rings. The molecule has 1 amide bonds. The lowest BCUT2D eigenvalue weighted by Crippen LogP contribution is -2.47. The zero-order chi connectivity index (χ0) is 29.8. The van der Waals surface area contributed by atoms with Gasteiger partial charge in [-0.25, -0.2) is 4.79 Å². The zero-order valence-electron chi connectivity index (χ0n) is 24.3. The summed E-state index contributed by atoms with van der Waals surface area (Å²) in [5.41, 5.74) is 2.68. The summed E-state index contributed by atoms with van der Waals surface area (Å²) in [6.07, 6.45) is 8.56. The standard InChI is InChI=1S/C33H36N6O4/c1-22-6-13-29(37-36-22)23-9-11-28(12-10-23)43-30-20-24(7-8-25(30)21-39-19-16-31(40)35-33(39)42)32(41)34-26-14-17-38(18-15-26)27-4-2-3-5-27/h6-13,16,19-20,26-27H,2-5,14-15,17-18,21H2,1H3,(H,34,41)(H,35,40,42). The Morgan fingerprint density at radius 1 is 0.953 bits per heavy atom. The van der Waals surface area contributed by atoms with Gasteiger partial charge in [-0.05, 0) is 81.1 Å². The van der Waals surface area contributed by atoms with Gasteiger partial charge in [0.1, 0.15) is 11.5 Å². The summed E-state index contributed by atoms with van der Waals surface area (Å²) in [6, 6.07) is 18.7. The number of carbonyl (C=O) groups is 1. The summed E-state index contributed by atoms with van der Waals surface area (Å²) in [7, 11) is 0. The number of nitrogens with zero attached hydrogens (tertiary/aromatic N) is 4. The predicted molar refractivity (Wildman–Crippen MR) is 163 cm³/mol. The van der Waals surface area contributed by atoms with Crippen LogP contribution in [0.15, 0.2) is 76.4 Å². The van der Waals surface area contributed by atoms with Gasteiger partial charge in [0.05, 0.1) is 17.9 Å². The lowest BCUT2D eigenvalue weighted by Gasteiger charge is -2.36. The van der Waals surface area contributed by atoms with Crippen molar-refractivity contribution in [3.05, 3.63) is 105 Å². The molecule has 0 spiro atoms. The van der Waals surface area contributed by atoms with Gasteiger partial charge in [0.25, 0.3) is 11.5 Å². The quantitative estimate of drug-likeness (QED) is 0.319. The van der Waals surface area contributed by atoms with Gasteiger partial charge in [-0.2, -0.15) is 10.2 Å². The third kappa shape index (κ3) is 6.91. The maximum absolute atomic E-state index is 13.4. The summed E-state index contributed by atoms with van der Waals surface area (Å²) in [6.45, 7) is 4.08. The van der Waals surface area contributed by atoms with Crippen LogP contribution in [0.4, 0.5) is 0 Å². The van der Waals surface area contributed by atoms with E-state index in [0.717, 1.165) is 42.9 Å². The van der Waals surface area contributed by atoms with Gasteiger partial charge in [0, 0.05) is 54.1 Å². The van der Waals surface area contributed by atoms with Crippen molar-refractivity contribution in [3.8, 4) is 22.8 Å². The number of nitrogens with one attached hydrogen (secondary N) is 2. The lowest BCUT2D eigenvalue weighted by molar-refractivity contribution is 0.0892. The molecule has 2 aliphatic rings. The molecule has 0 radical (unpaired) electrons. The Kier molecular flexibility index (Phi) is 8.46. The van der Waals surface area contributed by atoms with Crippen LogP contribution in [0.5, 0.6) is 11.5 Å². The SMILES string of the molecule is Cc1ccc(-c2ccc(Oc3cc(C(=O)NC4CCN(C5CCCC5)CC4)ccc3Cn3ccc(=O)[nH]c3=O)cc2)nn1. The molecule has 1 saturated carbocycles. The Bertz CT molecular complexity index is 1680. The fourth-order valence-electron chi connectivity index (χ4n) is 5.99. The molecule has 0 unspecified atom stereocenters. The minimum absolute atomic E-state index is 0.131. The second kappa shape index (κ2) is 12.7. The predicted octanol–water partition coefficient (Wildman–Crippen LogP) is 4.28. The first kappa shape index (κ1) is 28.5. The number of rotatable bonds is 8. The number of carbonyl (C=O) groups excluding carboxylic acids is 1. The second-order valence-corrected chi connectivity index (χ2v) is 11.5. The Hall–Kier alpha value is -4.57. The van der Waals surface area contributed by atoms with Crippen LogP contribution in [-0.4, -0.2) is 55.7 Å². The maximum Gasteiger partial charge on any atom is 0.328 e. The topological polar surface area (TPSA) is 122 Å². The van der Waals surface area contributed by atoms with Gasteiger partial charge < -0.3 is 15.0 Å². The minimum atomic E-state index is -0.521. The maximum atomic E-state index is 13.4. The van der Waals surface area contributed by atoms with Gasteiger partial charge in [-0.3, -0.25) is 19.1 Å². The van der Waals surface area contributed by atoms with E-state index in [4.69, 9.17) is 4.74 Å². The average Bonchev–Trinajstić information content (AvgIpc) is 3.56. The molecular weight excluding hydrogens is 544 g/mol. The first-order valence-corrected chi connectivity index (χ1v) is 15.0. The number of aryl methyl sites for hydroxylation is 1. The van der Waals surface area contributed by atoms with Crippen molar-refractivity contribution in [2.24, 2.45) is 0 Å². The normalized spacial score (nSPS) is 16.3. The van der Waals surface area contributed by atoms with Crippen molar-refractivity contribution < 1.29 is 9.53 Å². The molecule has 0 atom stereocenters. The molecule has 10 nitrogen and oxygen atoms in total. The largest absolute Gasteiger partial charge is 0.457 e. The van der Waals surface area contributed by atoms with E-state index in [2.05, 4.69) is 25.4 Å². The molecule has 10 heteroatoms. The van der Waals surface area contributed by atoms with Crippen LogP contribution in [0.2, 0.25) is 0 Å². The van der Waals surface area contributed by atoms with E-state index >= 15 is 0 Å². The molecule has 1 aliphatic heterocycles. The number of aromatic nitrogens is 4. The summed E-state index contributed by atoms with van der Waals surface area (Å²) in [5.74, 6) is 0.866. The fraction of sp³-hybridized carbons (Fsp3) is 0.364. The van der Waals surface area contributed by atoms with Crippen LogP contribution in [0.3, 0.4) is 0 Å². The third-order valence-corrected chi connectivity index (χ3v) is 8.45. The van der Waals surface area contributed by atoms with Crippen molar-refractivity contribution in [2.45, 2.75) is 64.1 Å². The number of ether oxygens (including phenoxy) is 1. The van der Waals surface area contributed by atoms with Gasteiger partial charge in [0.2, 0.25) is 0 Å². The summed E-state index contributed by atoms with van der Waals surface area (Å²) >= 11 is 0. The molecule has 1 saturated heterocycles. The Morgan fingerprint density at radius 3 is 2.42 bits per heavy atom. The van der Waals surface area contributed by atoms with Crippen LogP contribution in [0.25, 0.3) is 11.3 Å². The lowest BCUT2D eigenvalue weighted by atomic mass is 10.0. The number of aromatic amines is 1. The molecule has 0 bridgehead atoms. The molecule has 2 aromatic carbocycles. The second-order valence-electron chi connectivity index (χ2n) is 11.5. The van der Waals surface area contributed by atoms with Crippen LogP contribution < -0.4 is 21.3 Å². The number of hydrogen-bond donors (Lipinski definition) is 2. The first-order valence-electron chi connectivity index (χ1n) is 15.0. The highest BCUT2D eigenvalue weighted by atomic mass is 16.5. The van der Waals surface area contributed by atoms with Crippen molar-refractivity contribution in [1.82, 2.24) is 30.0 Å². The number of hydrogen-bond acceptors (Lipinski definition) is 7. The zero-order valence-corrected chi connectivity index (χ0v) is 24.3. The van der Waals surface area contributed by atoms with E-state index in [-0.39, 0.29) is 18.5 Å². The molecular formula is C33H36N6O4. The summed E-state index contributed by atoms with van der Waals surface area (Å²) < 4.78 is 7.69. The molecule has 4 aromatic rings. The van der Waals surface area contributed by atoms with Crippen LogP contribution >= 0.6 is 0 Å². The Balaban J connectivity index is 1.20. The number of likely N-dealkylation sites (tertiary alicyclic amines) is 1. The van der Waals surface area contributed by atoms with Gasteiger partial charge >= 0.3 is 5.69 Å².